The number of nitrogens with zero attached hydrogens (tertiary/aromatic N) is 1. The number of likely N-dealkylation sites (tertiary alicyclic amines) is 1. The van der Waals surface area contributed by atoms with Gasteiger partial charge in [-0.3, -0.25) is 0 Å². The second-order valence-electron chi connectivity index (χ2n) is 4.37. The van der Waals surface area contributed by atoms with E-state index in [0.717, 1.165) is 6.04 Å². The quantitative estimate of drug-likeness (QED) is 0.519. The van der Waals surface area contributed by atoms with Gasteiger partial charge in [-0.2, -0.15) is 0 Å². The lowest BCUT2D eigenvalue weighted by Crippen LogP contribution is -2.39. The summed E-state index contributed by atoms with van der Waals surface area (Å²) in [5.74, 6) is 0. The van der Waals surface area contributed by atoms with Crippen molar-refractivity contribution < 1.29 is 0 Å². The van der Waals surface area contributed by atoms with Crippen LogP contribution in [0.5, 0.6) is 0 Å². The maximum Gasteiger partial charge on any atom is 0.00951 e. The summed E-state index contributed by atoms with van der Waals surface area (Å²) in [5, 5.41) is 1.17. The molecule has 0 amide bonds. The molecule has 0 aromatic heterocycles. The van der Waals surface area contributed by atoms with Gasteiger partial charge in [0.1, 0.15) is 0 Å². The van der Waals surface area contributed by atoms with Crippen LogP contribution >= 0.6 is 15.9 Å². The van der Waals surface area contributed by atoms with Crippen molar-refractivity contribution in [3.8, 4) is 0 Å². The summed E-state index contributed by atoms with van der Waals surface area (Å²) < 4.78 is 0. The summed E-state index contributed by atoms with van der Waals surface area (Å²) in [4.78, 5) is 2.73. The minimum atomic E-state index is 0.907. The highest BCUT2D eigenvalue weighted by atomic mass is 79.9. The molecular formula is C12H24BrN. The third-order valence-electron chi connectivity index (χ3n) is 3.20. The summed E-state index contributed by atoms with van der Waals surface area (Å²) >= 11 is 3.50. The van der Waals surface area contributed by atoms with Crippen LogP contribution < -0.4 is 0 Å². The summed E-state index contributed by atoms with van der Waals surface area (Å²) in [6, 6.07) is 0.907. The number of rotatable bonds is 6. The zero-order chi connectivity index (χ0) is 10.2. The second-order valence-corrected chi connectivity index (χ2v) is 5.16. The zero-order valence-corrected chi connectivity index (χ0v) is 11.1. The molecule has 1 rings (SSSR count). The standard InChI is InChI=1S/C12H24BrN/c1-2-7-12-8-3-5-10-14(12)11-6-4-9-13/h12H,2-11H2,1H3. The smallest absolute Gasteiger partial charge is 0.00951 e. The highest BCUT2D eigenvalue weighted by Crippen LogP contribution is 2.21. The first-order valence-electron chi connectivity index (χ1n) is 6.18. The van der Waals surface area contributed by atoms with E-state index in [9.17, 15) is 0 Å². The number of alkyl halides is 1. The van der Waals surface area contributed by atoms with Crippen LogP contribution in [0.1, 0.15) is 51.9 Å². The molecule has 1 atom stereocenters. The third-order valence-corrected chi connectivity index (χ3v) is 3.76. The molecule has 1 unspecified atom stereocenters. The zero-order valence-electron chi connectivity index (χ0n) is 9.47. The molecule has 1 saturated heterocycles. The molecule has 1 heterocycles. The number of unbranched alkanes of at least 4 members (excludes halogenated alkanes) is 1. The first kappa shape index (κ1) is 12.5. The van der Waals surface area contributed by atoms with Gasteiger partial charge >= 0.3 is 0 Å². The largest absolute Gasteiger partial charge is 0.300 e. The Morgan fingerprint density at radius 3 is 2.86 bits per heavy atom. The Bertz CT molecular complexity index is 136. The van der Waals surface area contributed by atoms with Crippen molar-refractivity contribution in [2.24, 2.45) is 0 Å². The molecule has 0 saturated carbocycles. The van der Waals surface area contributed by atoms with Crippen molar-refractivity contribution in [1.82, 2.24) is 4.90 Å². The average molecular weight is 262 g/mol. The van der Waals surface area contributed by atoms with Gasteiger partial charge in [0, 0.05) is 11.4 Å². The van der Waals surface area contributed by atoms with E-state index in [4.69, 9.17) is 0 Å². The predicted molar refractivity (Wildman–Crippen MR) is 67.1 cm³/mol. The van der Waals surface area contributed by atoms with E-state index >= 15 is 0 Å². The Balaban J connectivity index is 2.22. The van der Waals surface area contributed by atoms with Crippen LogP contribution in [-0.4, -0.2) is 29.4 Å². The van der Waals surface area contributed by atoms with Crippen molar-refractivity contribution in [1.29, 1.82) is 0 Å². The normalized spacial score (nSPS) is 24.0. The minimum Gasteiger partial charge on any atom is -0.300 e. The van der Waals surface area contributed by atoms with Gasteiger partial charge < -0.3 is 4.90 Å². The first-order valence-corrected chi connectivity index (χ1v) is 7.30. The van der Waals surface area contributed by atoms with Gasteiger partial charge in [-0.15, -0.1) is 0 Å². The number of hydrogen-bond donors (Lipinski definition) is 0. The van der Waals surface area contributed by atoms with Crippen molar-refractivity contribution in [2.75, 3.05) is 18.4 Å². The van der Waals surface area contributed by atoms with E-state index < -0.39 is 0 Å². The molecule has 0 bridgehead atoms. The summed E-state index contributed by atoms with van der Waals surface area (Å²) in [6.45, 7) is 4.99. The van der Waals surface area contributed by atoms with Crippen LogP contribution in [0.4, 0.5) is 0 Å². The molecule has 1 aliphatic heterocycles. The van der Waals surface area contributed by atoms with Crippen molar-refractivity contribution in [3.63, 3.8) is 0 Å². The van der Waals surface area contributed by atoms with E-state index in [1.807, 2.05) is 0 Å². The fourth-order valence-electron chi connectivity index (χ4n) is 2.42. The fourth-order valence-corrected chi connectivity index (χ4v) is 2.82. The Labute approximate surface area is 97.4 Å². The SMILES string of the molecule is CCCC1CCCCN1CCCCBr. The fraction of sp³-hybridized carbons (Fsp3) is 1.00. The molecule has 0 radical (unpaired) electrons. The highest BCUT2D eigenvalue weighted by molar-refractivity contribution is 9.09. The van der Waals surface area contributed by atoms with Crippen LogP contribution in [0.3, 0.4) is 0 Å². The lowest BCUT2D eigenvalue weighted by Gasteiger charge is -2.35. The molecule has 84 valence electrons. The van der Waals surface area contributed by atoms with Crippen LogP contribution in [0.15, 0.2) is 0 Å². The number of hydrogen-bond acceptors (Lipinski definition) is 1. The minimum absolute atomic E-state index is 0.907. The number of piperidine rings is 1. The van der Waals surface area contributed by atoms with Crippen LogP contribution in [0, 0.1) is 0 Å². The van der Waals surface area contributed by atoms with Gasteiger partial charge in [-0.05, 0) is 45.2 Å². The topological polar surface area (TPSA) is 3.24 Å². The molecule has 1 fully saturated rings. The van der Waals surface area contributed by atoms with Crippen molar-refractivity contribution in [3.05, 3.63) is 0 Å². The van der Waals surface area contributed by atoms with E-state index in [1.54, 1.807) is 0 Å². The summed E-state index contributed by atoms with van der Waals surface area (Å²) in [7, 11) is 0. The molecule has 2 heteroatoms. The van der Waals surface area contributed by atoms with Gasteiger partial charge in [0.15, 0.2) is 0 Å². The Kier molecular flexibility index (Phi) is 6.88. The molecule has 0 aliphatic carbocycles. The van der Waals surface area contributed by atoms with Crippen molar-refractivity contribution >= 4 is 15.9 Å². The van der Waals surface area contributed by atoms with Gasteiger partial charge in [0.25, 0.3) is 0 Å². The maximum atomic E-state index is 3.50. The monoisotopic (exact) mass is 261 g/mol. The molecule has 1 aliphatic rings. The summed E-state index contributed by atoms with van der Waals surface area (Å²) in [5.41, 5.74) is 0. The summed E-state index contributed by atoms with van der Waals surface area (Å²) in [6.07, 6.45) is 9.78. The lowest BCUT2D eigenvalue weighted by molar-refractivity contribution is 0.138. The maximum absolute atomic E-state index is 3.50. The van der Waals surface area contributed by atoms with Crippen molar-refractivity contribution in [2.45, 2.75) is 57.9 Å². The average Bonchev–Trinajstić information content (AvgIpc) is 2.21. The molecule has 0 N–H and O–H groups in total. The van der Waals surface area contributed by atoms with Crippen LogP contribution in [0.25, 0.3) is 0 Å². The Morgan fingerprint density at radius 1 is 1.29 bits per heavy atom. The molecule has 0 aromatic carbocycles. The van der Waals surface area contributed by atoms with E-state index in [0.29, 0.717) is 0 Å². The van der Waals surface area contributed by atoms with E-state index in [2.05, 4.69) is 27.8 Å². The molecule has 0 spiro atoms. The molecule has 0 aromatic rings. The van der Waals surface area contributed by atoms with Gasteiger partial charge in [-0.25, -0.2) is 0 Å². The lowest BCUT2D eigenvalue weighted by atomic mass is 9.98. The third kappa shape index (κ3) is 4.31. The predicted octanol–water partition coefficient (Wildman–Crippen LogP) is 3.82. The number of halogens is 1. The van der Waals surface area contributed by atoms with Gasteiger partial charge in [0.2, 0.25) is 0 Å². The Morgan fingerprint density at radius 2 is 2.14 bits per heavy atom. The van der Waals surface area contributed by atoms with Crippen LogP contribution in [0.2, 0.25) is 0 Å². The van der Waals surface area contributed by atoms with Gasteiger partial charge in [0.05, 0.1) is 0 Å². The molecule has 14 heavy (non-hydrogen) atoms. The van der Waals surface area contributed by atoms with Crippen LogP contribution in [-0.2, 0) is 0 Å². The molecule has 1 nitrogen and oxygen atoms in total. The van der Waals surface area contributed by atoms with Gasteiger partial charge in [-0.1, -0.05) is 35.7 Å². The molecular weight excluding hydrogens is 238 g/mol. The van der Waals surface area contributed by atoms with E-state index in [-0.39, 0.29) is 0 Å². The Hall–Kier alpha value is 0.440. The first-order chi connectivity index (χ1) is 6.88. The van der Waals surface area contributed by atoms with E-state index in [1.165, 1.54) is 63.4 Å². The highest BCUT2D eigenvalue weighted by Gasteiger charge is 2.20. The second kappa shape index (κ2) is 7.70.